The lowest BCUT2D eigenvalue weighted by atomic mass is 9.67. The minimum atomic E-state index is -0.831. The van der Waals surface area contributed by atoms with Crippen molar-refractivity contribution < 1.29 is 33.5 Å². The van der Waals surface area contributed by atoms with Crippen LogP contribution in [-0.2, 0) is 10.2 Å². The van der Waals surface area contributed by atoms with Gasteiger partial charge in [-0.25, -0.2) is 4.90 Å². The molecule has 6 aromatic carbocycles. The highest BCUT2D eigenvalue weighted by atomic mass is 16.5. The number of fused-ring (bicyclic) bond motifs is 5. The molecule has 9 nitrogen and oxygen atoms in total. The maximum atomic E-state index is 13.9. The van der Waals surface area contributed by atoms with E-state index in [-0.39, 0.29) is 33.4 Å². The Balaban J connectivity index is 1.10. The largest absolute Gasteiger partial charge is 0.428 e. The van der Waals surface area contributed by atoms with Gasteiger partial charge in [0.1, 0.15) is 5.75 Å². The Kier molecular flexibility index (Phi) is 7.19. The third-order valence-corrected chi connectivity index (χ3v) is 10.7. The van der Waals surface area contributed by atoms with Gasteiger partial charge in [-0.3, -0.25) is 33.7 Å². The number of hydrogen-bond acceptors (Lipinski definition) is 7. The molecule has 2 aliphatic heterocycles. The SMILES string of the molecule is Cc1ccc(C2(c3ccc(N4C(=O)c5ccc(C(=O)c6ccc7c(c6)C(=O)N(C)C7=O)cc5C4=O)cc3)c3ccccc3-c3c(OC=O)cccc32)cc1. The molecule has 0 saturated heterocycles. The Morgan fingerprint density at radius 2 is 1.15 bits per heavy atom. The number of nitrogens with zero attached hydrogens (tertiary/aromatic N) is 2. The summed E-state index contributed by atoms with van der Waals surface area (Å²) >= 11 is 0. The van der Waals surface area contributed by atoms with Crippen molar-refractivity contribution in [2.45, 2.75) is 12.3 Å². The van der Waals surface area contributed by atoms with Crippen molar-refractivity contribution in [3.05, 3.63) is 189 Å². The van der Waals surface area contributed by atoms with E-state index < -0.39 is 34.8 Å². The van der Waals surface area contributed by atoms with Crippen molar-refractivity contribution in [1.29, 1.82) is 0 Å². The Morgan fingerprint density at radius 1 is 0.593 bits per heavy atom. The zero-order valence-electron chi connectivity index (χ0n) is 29.0. The van der Waals surface area contributed by atoms with Crippen molar-refractivity contribution in [3.63, 3.8) is 0 Å². The summed E-state index contributed by atoms with van der Waals surface area (Å²) < 4.78 is 5.50. The number of benzene rings is 6. The second-order valence-corrected chi connectivity index (χ2v) is 13.6. The number of amides is 4. The molecule has 9 heteroatoms. The van der Waals surface area contributed by atoms with Gasteiger partial charge in [-0.15, -0.1) is 0 Å². The standard InChI is InChI=1S/C45H28N2O7/c1-25-10-14-28(15-11-25)45(36-7-4-3-6-33(36)39-37(45)8-5-9-38(39)54-24-48)29-16-18-30(19-17-29)47-43(52)32-21-13-27(23-35(32)44(47)53)40(49)26-12-20-31-34(22-26)42(51)46(2)41(31)50/h3-24H,1-2H3. The molecule has 9 rings (SSSR count). The second-order valence-electron chi connectivity index (χ2n) is 13.6. The average molecular weight is 709 g/mol. The molecule has 260 valence electrons. The van der Waals surface area contributed by atoms with Crippen molar-refractivity contribution in [2.24, 2.45) is 0 Å². The van der Waals surface area contributed by atoms with Gasteiger partial charge in [0.2, 0.25) is 0 Å². The van der Waals surface area contributed by atoms with Crippen LogP contribution in [0.15, 0.2) is 127 Å². The van der Waals surface area contributed by atoms with Crippen molar-refractivity contribution >= 4 is 41.6 Å². The van der Waals surface area contributed by atoms with Gasteiger partial charge < -0.3 is 4.74 Å². The van der Waals surface area contributed by atoms with Crippen molar-refractivity contribution in [3.8, 4) is 16.9 Å². The summed E-state index contributed by atoms with van der Waals surface area (Å²) in [7, 11) is 1.38. The maximum Gasteiger partial charge on any atom is 0.298 e. The summed E-state index contributed by atoms with van der Waals surface area (Å²) in [4.78, 5) is 79.9. The number of carbonyl (C=O) groups excluding carboxylic acids is 6. The van der Waals surface area contributed by atoms with Gasteiger partial charge in [-0.05, 0) is 77.2 Å². The summed E-state index contributed by atoms with van der Waals surface area (Å²) in [6.07, 6.45) is 0. The first-order valence-corrected chi connectivity index (χ1v) is 17.2. The number of ketones is 1. The van der Waals surface area contributed by atoms with E-state index in [4.69, 9.17) is 4.74 Å². The van der Waals surface area contributed by atoms with Crippen LogP contribution in [0.4, 0.5) is 5.69 Å². The fraction of sp³-hybridized carbons (Fsp3) is 0.0667. The molecule has 6 aromatic rings. The van der Waals surface area contributed by atoms with E-state index in [2.05, 4.69) is 30.3 Å². The summed E-state index contributed by atoms with van der Waals surface area (Å²) in [6, 6.07) is 37.9. The first-order valence-electron chi connectivity index (χ1n) is 17.2. The molecule has 0 radical (unpaired) electrons. The molecule has 0 bridgehead atoms. The summed E-state index contributed by atoms with van der Waals surface area (Å²) in [5, 5.41) is 0. The zero-order valence-corrected chi connectivity index (χ0v) is 29.0. The fourth-order valence-electron chi connectivity index (χ4n) is 8.18. The van der Waals surface area contributed by atoms with E-state index >= 15 is 0 Å². The first-order chi connectivity index (χ1) is 26.1. The number of carbonyl (C=O) groups is 6. The van der Waals surface area contributed by atoms with Gasteiger partial charge in [-0.1, -0.05) is 90.5 Å². The second kappa shape index (κ2) is 11.9. The van der Waals surface area contributed by atoms with Gasteiger partial charge in [-0.2, -0.15) is 0 Å². The molecule has 4 amide bonds. The quantitative estimate of drug-likeness (QED) is 0.0981. The highest BCUT2D eigenvalue weighted by molar-refractivity contribution is 6.35. The predicted molar refractivity (Wildman–Crippen MR) is 199 cm³/mol. The lowest BCUT2D eigenvalue weighted by molar-refractivity contribution is -0.120. The van der Waals surface area contributed by atoms with Crippen LogP contribution < -0.4 is 9.64 Å². The average Bonchev–Trinajstić information content (AvgIpc) is 3.73. The van der Waals surface area contributed by atoms with Crippen LogP contribution in [0.3, 0.4) is 0 Å². The molecule has 0 saturated carbocycles. The molecule has 0 aromatic heterocycles. The molecule has 1 unspecified atom stereocenters. The highest BCUT2D eigenvalue weighted by Crippen LogP contribution is 2.58. The third-order valence-electron chi connectivity index (χ3n) is 10.7. The Hall–Kier alpha value is -7.26. The van der Waals surface area contributed by atoms with Gasteiger partial charge in [0.05, 0.1) is 33.4 Å². The number of hydrogen-bond donors (Lipinski definition) is 0. The molecular formula is C45H28N2O7. The zero-order chi connectivity index (χ0) is 37.5. The topological polar surface area (TPSA) is 118 Å². The molecule has 0 fully saturated rings. The number of anilines is 1. The number of rotatable bonds is 7. The Labute approximate surface area is 309 Å². The minimum absolute atomic E-state index is 0.0829. The van der Waals surface area contributed by atoms with Crippen LogP contribution in [0.25, 0.3) is 11.1 Å². The van der Waals surface area contributed by atoms with Crippen LogP contribution in [0.2, 0.25) is 0 Å². The minimum Gasteiger partial charge on any atom is -0.428 e. The van der Waals surface area contributed by atoms with E-state index in [1.807, 2.05) is 49.4 Å². The van der Waals surface area contributed by atoms with Crippen LogP contribution in [-0.4, -0.2) is 47.8 Å². The van der Waals surface area contributed by atoms with Crippen LogP contribution in [0.5, 0.6) is 5.75 Å². The molecule has 1 atom stereocenters. The molecule has 1 aliphatic carbocycles. The van der Waals surface area contributed by atoms with E-state index in [1.54, 1.807) is 18.2 Å². The van der Waals surface area contributed by atoms with Gasteiger partial charge >= 0.3 is 0 Å². The molecule has 0 N–H and O–H groups in total. The fourth-order valence-corrected chi connectivity index (χ4v) is 8.18. The van der Waals surface area contributed by atoms with Crippen molar-refractivity contribution in [1.82, 2.24) is 4.90 Å². The summed E-state index contributed by atoms with van der Waals surface area (Å²) in [5.41, 5.74) is 7.05. The Morgan fingerprint density at radius 3 is 1.81 bits per heavy atom. The van der Waals surface area contributed by atoms with E-state index in [1.165, 1.54) is 43.4 Å². The maximum absolute atomic E-state index is 13.9. The molecule has 54 heavy (non-hydrogen) atoms. The normalized spacial score (nSPS) is 16.6. The van der Waals surface area contributed by atoms with E-state index in [0.29, 0.717) is 17.9 Å². The van der Waals surface area contributed by atoms with E-state index in [0.717, 1.165) is 48.7 Å². The number of aryl methyl sites for hydroxylation is 1. The van der Waals surface area contributed by atoms with Crippen molar-refractivity contribution in [2.75, 3.05) is 11.9 Å². The highest BCUT2D eigenvalue weighted by Gasteiger charge is 2.47. The molecule has 2 heterocycles. The van der Waals surface area contributed by atoms with Gasteiger partial charge in [0.25, 0.3) is 30.1 Å². The van der Waals surface area contributed by atoms with Crippen LogP contribution in [0, 0.1) is 6.92 Å². The number of ether oxygens (including phenoxy) is 1. The molecule has 3 aliphatic rings. The van der Waals surface area contributed by atoms with Crippen LogP contribution in [0.1, 0.15) is 85.2 Å². The predicted octanol–water partition coefficient (Wildman–Crippen LogP) is 7.15. The van der Waals surface area contributed by atoms with Gasteiger partial charge in [0.15, 0.2) is 5.78 Å². The molecular weight excluding hydrogens is 681 g/mol. The monoisotopic (exact) mass is 708 g/mol. The smallest absolute Gasteiger partial charge is 0.298 e. The first kappa shape index (κ1) is 32.6. The third kappa shape index (κ3) is 4.45. The van der Waals surface area contributed by atoms with E-state index in [9.17, 15) is 28.8 Å². The summed E-state index contributed by atoms with van der Waals surface area (Å²) in [6.45, 7) is 2.45. The Bertz CT molecular complexity index is 2680. The number of imide groups is 2. The summed E-state index contributed by atoms with van der Waals surface area (Å²) in [5.74, 6) is -2.05. The lowest BCUT2D eigenvalue weighted by Gasteiger charge is -2.34. The van der Waals surface area contributed by atoms with Crippen LogP contribution >= 0.6 is 0 Å². The molecule has 0 spiro atoms. The van der Waals surface area contributed by atoms with Gasteiger partial charge in [0, 0.05) is 23.7 Å². The lowest BCUT2D eigenvalue weighted by Crippen LogP contribution is -2.30.